The highest BCUT2D eigenvalue weighted by atomic mass is 79.9. The Morgan fingerprint density at radius 3 is 2.48 bits per heavy atom. The van der Waals surface area contributed by atoms with E-state index in [4.69, 9.17) is 9.47 Å². The van der Waals surface area contributed by atoms with Crippen molar-refractivity contribution in [1.82, 2.24) is 0 Å². The van der Waals surface area contributed by atoms with E-state index in [2.05, 4.69) is 31.9 Å². The van der Waals surface area contributed by atoms with E-state index < -0.39 is 4.92 Å². The minimum absolute atomic E-state index is 0.0274. The van der Waals surface area contributed by atoms with E-state index in [-0.39, 0.29) is 12.3 Å². The zero-order valence-corrected chi connectivity index (χ0v) is 14.0. The van der Waals surface area contributed by atoms with Gasteiger partial charge in [-0.25, -0.2) is 0 Å². The predicted octanol–water partition coefficient (Wildman–Crippen LogP) is 4.58. The van der Waals surface area contributed by atoms with Gasteiger partial charge in [-0.15, -0.1) is 0 Å². The molecule has 0 aliphatic carbocycles. The molecule has 0 aliphatic heterocycles. The average Bonchev–Trinajstić information content (AvgIpc) is 2.45. The smallest absolute Gasteiger partial charge is 0.287 e. The second-order valence-corrected chi connectivity index (χ2v) is 5.71. The van der Waals surface area contributed by atoms with Crippen LogP contribution in [-0.2, 0) is 0 Å². The standard InChI is InChI=1S/C14H11Br2NO4/c15-10-3-1-4-11(9-10)20-7-8-21-13-6-2-5-12(14(13)16)17(18)19/h1-6,9H,7-8H2. The summed E-state index contributed by atoms with van der Waals surface area (Å²) in [6.45, 7) is 0.623. The number of benzene rings is 2. The molecule has 0 atom stereocenters. The maximum Gasteiger partial charge on any atom is 0.287 e. The van der Waals surface area contributed by atoms with Crippen molar-refractivity contribution in [2.45, 2.75) is 0 Å². The summed E-state index contributed by atoms with van der Waals surface area (Å²) in [5.41, 5.74) is -0.0274. The van der Waals surface area contributed by atoms with Crippen LogP contribution >= 0.6 is 31.9 Å². The summed E-state index contributed by atoms with van der Waals surface area (Å²) in [4.78, 5) is 10.3. The quantitative estimate of drug-likeness (QED) is 0.393. The van der Waals surface area contributed by atoms with E-state index in [1.807, 2.05) is 24.3 Å². The normalized spacial score (nSPS) is 10.2. The molecule has 0 unspecified atom stereocenters. The highest BCUT2D eigenvalue weighted by Crippen LogP contribution is 2.33. The first kappa shape index (κ1) is 15.8. The van der Waals surface area contributed by atoms with Crippen LogP contribution in [0.4, 0.5) is 5.69 Å². The van der Waals surface area contributed by atoms with Gasteiger partial charge in [-0.05, 0) is 40.2 Å². The molecule has 0 N–H and O–H groups in total. The Morgan fingerprint density at radius 1 is 1.05 bits per heavy atom. The van der Waals surface area contributed by atoms with Gasteiger partial charge >= 0.3 is 0 Å². The molecule has 2 aromatic rings. The van der Waals surface area contributed by atoms with Gasteiger partial charge < -0.3 is 9.47 Å². The summed E-state index contributed by atoms with van der Waals surface area (Å²) >= 11 is 6.53. The number of ether oxygens (including phenoxy) is 2. The van der Waals surface area contributed by atoms with Crippen LogP contribution in [0.25, 0.3) is 0 Å². The molecule has 0 radical (unpaired) electrons. The molecule has 0 amide bonds. The maximum absolute atomic E-state index is 10.8. The van der Waals surface area contributed by atoms with Crippen LogP contribution in [0, 0.1) is 10.1 Å². The second kappa shape index (κ2) is 7.42. The highest BCUT2D eigenvalue weighted by Gasteiger charge is 2.15. The lowest BCUT2D eigenvalue weighted by atomic mass is 10.3. The van der Waals surface area contributed by atoms with Gasteiger partial charge in [-0.3, -0.25) is 10.1 Å². The fourth-order valence-corrected chi connectivity index (χ4v) is 2.52. The van der Waals surface area contributed by atoms with Crippen LogP contribution in [0.1, 0.15) is 0 Å². The van der Waals surface area contributed by atoms with E-state index in [9.17, 15) is 10.1 Å². The van der Waals surface area contributed by atoms with Crippen LogP contribution in [0.15, 0.2) is 51.4 Å². The molecule has 21 heavy (non-hydrogen) atoms. The topological polar surface area (TPSA) is 61.6 Å². The second-order valence-electron chi connectivity index (χ2n) is 4.00. The number of halogens is 2. The van der Waals surface area contributed by atoms with Crippen LogP contribution in [-0.4, -0.2) is 18.1 Å². The first-order chi connectivity index (χ1) is 10.1. The van der Waals surface area contributed by atoms with Gasteiger partial charge in [-0.1, -0.05) is 28.1 Å². The molecular formula is C14H11Br2NO4. The lowest BCUT2D eigenvalue weighted by Gasteiger charge is -2.09. The van der Waals surface area contributed by atoms with Gasteiger partial charge in [0, 0.05) is 10.5 Å². The van der Waals surface area contributed by atoms with E-state index in [0.717, 1.165) is 10.2 Å². The Hall–Kier alpha value is -1.60. The molecule has 0 fully saturated rings. The summed E-state index contributed by atoms with van der Waals surface area (Å²) in [6.07, 6.45) is 0. The van der Waals surface area contributed by atoms with Crippen LogP contribution < -0.4 is 9.47 Å². The summed E-state index contributed by atoms with van der Waals surface area (Å²) < 4.78 is 12.3. The van der Waals surface area contributed by atoms with Crippen molar-refractivity contribution in [3.05, 3.63) is 61.5 Å². The molecule has 2 aromatic carbocycles. The third-order valence-corrected chi connectivity index (χ3v) is 3.84. The number of nitro groups is 1. The Bertz CT molecular complexity index is 649. The first-order valence-corrected chi connectivity index (χ1v) is 7.60. The Kier molecular flexibility index (Phi) is 5.58. The van der Waals surface area contributed by atoms with Gasteiger partial charge in [-0.2, -0.15) is 0 Å². The number of hydrogen-bond acceptors (Lipinski definition) is 4. The lowest BCUT2D eigenvalue weighted by Crippen LogP contribution is -2.09. The van der Waals surface area contributed by atoms with E-state index in [1.165, 1.54) is 6.07 Å². The fraction of sp³-hybridized carbons (Fsp3) is 0.143. The zero-order valence-electron chi connectivity index (χ0n) is 10.8. The van der Waals surface area contributed by atoms with Gasteiger partial charge in [0.1, 0.15) is 29.2 Å². The summed E-state index contributed by atoms with van der Waals surface area (Å²) in [5, 5.41) is 10.8. The SMILES string of the molecule is O=[N+]([O-])c1cccc(OCCOc2cccc(Br)c2)c1Br. The molecule has 5 nitrogen and oxygen atoms in total. The summed E-state index contributed by atoms with van der Waals surface area (Å²) in [5.74, 6) is 1.15. The third kappa shape index (κ3) is 4.44. The van der Waals surface area contributed by atoms with Crippen molar-refractivity contribution in [3.8, 4) is 11.5 Å². The number of nitrogens with zero attached hydrogens (tertiary/aromatic N) is 1. The van der Waals surface area contributed by atoms with Crippen LogP contribution in [0.2, 0.25) is 0 Å². The third-order valence-electron chi connectivity index (χ3n) is 2.55. The Labute approximate surface area is 138 Å². The molecule has 0 aromatic heterocycles. The largest absolute Gasteiger partial charge is 0.490 e. The van der Waals surface area contributed by atoms with Gasteiger partial charge in [0.05, 0.1) is 4.92 Å². The molecule has 2 rings (SSSR count). The average molecular weight is 417 g/mol. The predicted molar refractivity (Wildman–Crippen MR) is 85.9 cm³/mol. The van der Waals surface area contributed by atoms with E-state index >= 15 is 0 Å². The first-order valence-electron chi connectivity index (χ1n) is 6.02. The molecule has 0 saturated heterocycles. The zero-order chi connectivity index (χ0) is 15.2. The molecule has 0 heterocycles. The number of hydrogen-bond donors (Lipinski definition) is 0. The Balaban J connectivity index is 1.89. The molecular weight excluding hydrogens is 406 g/mol. The van der Waals surface area contributed by atoms with Crippen LogP contribution in [0.5, 0.6) is 11.5 Å². The summed E-state index contributed by atoms with van der Waals surface area (Å²) in [6, 6.07) is 12.1. The van der Waals surface area contributed by atoms with Crippen molar-refractivity contribution in [1.29, 1.82) is 0 Å². The summed E-state index contributed by atoms with van der Waals surface area (Å²) in [7, 11) is 0. The molecule has 110 valence electrons. The molecule has 0 saturated carbocycles. The minimum Gasteiger partial charge on any atom is -0.490 e. The lowest BCUT2D eigenvalue weighted by molar-refractivity contribution is -0.385. The van der Waals surface area contributed by atoms with Crippen molar-refractivity contribution in [2.75, 3.05) is 13.2 Å². The van der Waals surface area contributed by atoms with E-state index in [1.54, 1.807) is 12.1 Å². The van der Waals surface area contributed by atoms with Crippen molar-refractivity contribution >= 4 is 37.5 Å². The molecule has 7 heteroatoms. The van der Waals surface area contributed by atoms with Crippen molar-refractivity contribution in [2.24, 2.45) is 0 Å². The number of nitro benzene ring substituents is 1. The molecule has 0 spiro atoms. The van der Waals surface area contributed by atoms with Crippen molar-refractivity contribution in [3.63, 3.8) is 0 Å². The van der Waals surface area contributed by atoms with Gasteiger partial charge in [0.25, 0.3) is 5.69 Å². The monoisotopic (exact) mass is 415 g/mol. The van der Waals surface area contributed by atoms with Crippen molar-refractivity contribution < 1.29 is 14.4 Å². The number of rotatable bonds is 6. The highest BCUT2D eigenvalue weighted by molar-refractivity contribution is 9.11. The molecule has 0 aliphatic rings. The molecule has 0 bridgehead atoms. The van der Waals surface area contributed by atoms with E-state index in [0.29, 0.717) is 16.8 Å². The fourth-order valence-electron chi connectivity index (χ4n) is 1.62. The van der Waals surface area contributed by atoms with Crippen LogP contribution in [0.3, 0.4) is 0 Å². The minimum atomic E-state index is -0.463. The maximum atomic E-state index is 10.8. The Morgan fingerprint density at radius 2 is 1.76 bits per heavy atom. The van der Waals surface area contributed by atoms with Gasteiger partial charge in [0.15, 0.2) is 0 Å². The van der Waals surface area contributed by atoms with Gasteiger partial charge in [0.2, 0.25) is 0 Å².